The van der Waals surface area contributed by atoms with Gasteiger partial charge in [-0.3, -0.25) is 9.59 Å². The fourth-order valence-electron chi connectivity index (χ4n) is 2.97. The van der Waals surface area contributed by atoms with Crippen molar-refractivity contribution in [3.05, 3.63) is 29.8 Å². The second-order valence-corrected chi connectivity index (χ2v) is 6.63. The molecule has 7 heteroatoms. The molecule has 0 saturated carbocycles. The summed E-state index contributed by atoms with van der Waals surface area (Å²) >= 11 is 0. The zero-order valence-electron chi connectivity index (χ0n) is 15.6. The number of nitrogens with one attached hydrogen (secondary N) is 2. The molecule has 0 bridgehead atoms. The molecular weight excluding hydrogens is 334 g/mol. The lowest BCUT2D eigenvalue weighted by atomic mass is 10.0. The van der Waals surface area contributed by atoms with Gasteiger partial charge < -0.3 is 20.3 Å². The van der Waals surface area contributed by atoms with Crippen molar-refractivity contribution in [2.24, 2.45) is 0 Å². The number of hydrogen-bond donors (Lipinski definition) is 2. The summed E-state index contributed by atoms with van der Waals surface area (Å²) in [6.07, 6.45) is 0.862. The van der Waals surface area contributed by atoms with E-state index in [1.54, 1.807) is 17.9 Å². The molecule has 1 aromatic carbocycles. The van der Waals surface area contributed by atoms with E-state index in [2.05, 4.69) is 10.6 Å². The van der Waals surface area contributed by atoms with Crippen molar-refractivity contribution in [3.63, 3.8) is 0 Å². The molecule has 2 rings (SSSR count). The van der Waals surface area contributed by atoms with Gasteiger partial charge in [0, 0.05) is 24.8 Å². The van der Waals surface area contributed by atoms with E-state index in [1.165, 1.54) is 0 Å². The van der Waals surface area contributed by atoms with Gasteiger partial charge in [0.05, 0.1) is 6.61 Å². The molecule has 1 aliphatic rings. The Morgan fingerprint density at radius 3 is 2.42 bits per heavy atom. The van der Waals surface area contributed by atoms with Crippen LogP contribution in [0.3, 0.4) is 0 Å². The molecule has 0 aromatic heterocycles. The molecule has 26 heavy (non-hydrogen) atoms. The minimum Gasteiger partial charge on any atom is -0.450 e. The van der Waals surface area contributed by atoms with E-state index in [0.717, 1.165) is 5.56 Å². The summed E-state index contributed by atoms with van der Waals surface area (Å²) in [6.45, 7) is 7.17. The SMILES string of the molecule is CCOC(=O)N1CCC(NC(=O)C(=O)Nc2ccccc2C(C)C)CC1. The van der Waals surface area contributed by atoms with Crippen LogP contribution in [0, 0.1) is 0 Å². The largest absolute Gasteiger partial charge is 0.450 e. The number of ether oxygens (including phenoxy) is 1. The molecule has 3 amide bonds. The van der Waals surface area contributed by atoms with E-state index < -0.39 is 11.8 Å². The molecule has 1 fully saturated rings. The van der Waals surface area contributed by atoms with Crippen LogP contribution in [0.5, 0.6) is 0 Å². The number of anilines is 1. The van der Waals surface area contributed by atoms with Crippen LogP contribution in [0.1, 0.15) is 45.1 Å². The third kappa shape index (κ3) is 5.21. The van der Waals surface area contributed by atoms with Crippen molar-refractivity contribution in [2.45, 2.75) is 45.6 Å². The maximum Gasteiger partial charge on any atom is 0.409 e. The third-order valence-corrected chi connectivity index (χ3v) is 4.39. The van der Waals surface area contributed by atoms with E-state index >= 15 is 0 Å². The van der Waals surface area contributed by atoms with E-state index in [-0.39, 0.29) is 18.1 Å². The van der Waals surface area contributed by atoms with Crippen molar-refractivity contribution in [2.75, 3.05) is 25.0 Å². The molecule has 0 radical (unpaired) electrons. The monoisotopic (exact) mass is 361 g/mol. The van der Waals surface area contributed by atoms with Crippen molar-refractivity contribution >= 4 is 23.6 Å². The molecule has 1 heterocycles. The number of carbonyl (C=O) groups excluding carboxylic acids is 3. The zero-order chi connectivity index (χ0) is 19.1. The zero-order valence-corrected chi connectivity index (χ0v) is 15.6. The molecule has 0 spiro atoms. The lowest BCUT2D eigenvalue weighted by molar-refractivity contribution is -0.136. The molecule has 1 saturated heterocycles. The highest BCUT2D eigenvalue weighted by Crippen LogP contribution is 2.23. The highest BCUT2D eigenvalue weighted by molar-refractivity contribution is 6.39. The average Bonchev–Trinajstić information content (AvgIpc) is 2.62. The number of rotatable bonds is 4. The summed E-state index contributed by atoms with van der Waals surface area (Å²) in [5.74, 6) is -1.09. The van der Waals surface area contributed by atoms with Crippen molar-refractivity contribution < 1.29 is 19.1 Å². The first-order valence-electron chi connectivity index (χ1n) is 9.04. The highest BCUT2D eigenvalue weighted by Gasteiger charge is 2.26. The molecule has 0 unspecified atom stereocenters. The normalized spacial score (nSPS) is 14.8. The number of nitrogens with zero attached hydrogens (tertiary/aromatic N) is 1. The van der Waals surface area contributed by atoms with Crippen LogP contribution in [-0.4, -0.2) is 48.5 Å². The second kappa shape index (κ2) is 9.22. The Hall–Kier alpha value is -2.57. The van der Waals surface area contributed by atoms with Crippen molar-refractivity contribution in [1.82, 2.24) is 10.2 Å². The van der Waals surface area contributed by atoms with Gasteiger partial charge in [0.25, 0.3) is 0 Å². The van der Waals surface area contributed by atoms with Crippen LogP contribution in [0.25, 0.3) is 0 Å². The van der Waals surface area contributed by atoms with Gasteiger partial charge in [-0.25, -0.2) is 4.79 Å². The minimum atomic E-state index is -0.675. The van der Waals surface area contributed by atoms with Gasteiger partial charge in [-0.15, -0.1) is 0 Å². The molecule has 2 N–H and O–H groups in total. The summed E-state index contributed by atoms with van der Waals surface area (Å²) in [4.78, 5) is 37.7. The molecule has 0 aliphatic carbocycles. The van der Waals surface area contributed by atoms with Gasteiger partial charge in [0.1, 0.15) is 0 Å². The smallest absolute Gasteiger partial charge is 0.409 e. The second-order valence-electron chi connectivity index (χ2n) is 6.63. The number of carbonyl (C=O) groups is 3. The molecule has 7 nitrogen and oxygen atoms in total. The predicted octanol–water partition coefficient (Wildman–Crippen LogP) is 2.49. The average molecular weight is 361 g/mol. The van der Waals surface area contributed by atoms with E-state index in [1.807, 2.05) is 32.0 Å². The first kappa shape index (κ1) is 19.8. The van der Waals surface area contributed by atoms with Gasteiger partial charge in [-0.05, 0) is 37.3 Å². The molecule has 1 aromatic rings. The summed E-state index contributed by atoms with van der Waals surface area (Å²) in [6, 6.07) is 7.33. The predicted molar refractivity (Wildman–Crippen MR) is 98.9 cm³/mol. The summed E-state index contributed by atoms with van der Waals surface area (Å²) in [5, 5.41) is 5.44. The Bertz CT molecular complexity index is 652. The van der Waals surface area contributed by atoms with Gasteiger partial charge in [0.15, 0.2) is 0 Å². The van der Waals surface area contributed by atoms with Gasteiger partial charge in [-0.1, -0.05) is 32.0 Å². The number of piperidine rings is 1. The molecule has 142 valence electrons. The molecular formula is C19H27N3O4. The number of amides is 3. The highest BCUT2D eigenvalue weighted by atomic mass is 16.6. The Labute approximate surface area is 154 Å². The molecule has 0 atom stereocenters. The molecule has 1 aliphatic heterocycles. The van der Waals surface area contributed by atoms with Crippen molar-refractivity contribution in [1.29, 1.82) is 0 Å². The fraction of sp³-hybridized carbons (Fsp3) is 0.526. The van der Waals surface area contributed by atoms with Crippen LogP contribution in [0.4, 0.5) is 10.5 Å². The summed E-state index contributed by atoms with van der Waals surface area (Å²) in [7, 11) is 0. The lowest BCUT2D eigenvalue weighted by Crippen LogP contribution is -2.49. The van der Waals surface area contributed by atoms with Crippen LogP contribution in [-0.2, 0) is 14.3 Å². The van der Waals surface area contributed by atoms with Crippen LogP contribution in [0.2, 0.25) is 0 Å². The van der Waals surface area contributed by atoms with Crippen molar-refractivity contribution in [3.8, 4) is 0 Å². The van der Waals surface area contributed by atoms with Gasteiger partial charge in [-0.2, -0.15) is 0 Å². The maximum atomic E-state index is 12.2. The van der Waals surface area contributed by atoms with E-state index in [0.29, 0.717) is 38.2 Å². The topological polar surface area (TPSA) is 87.7 Å². The van der Waals surface area contributed by atoms with E-state index in [9.17, 15) is 14.4 Å². The number of likely N-dealkylation sites (tertiary alicyclic amines) is 1. The first-order valence-corrected chi connectivity index (χ1v) is 9.04. The number of para-hydroxylation sites is 1. The van der Waals surface area contributed by atoms with Gasteiger partial charge in [0.2, 0.25) is 0 Å². The van der Waals surface area contributed by atoms with Crippen LogP contribution >= 0.6 is 0 Å². The van der Waals surface area contributed by atoms with Crippen LogP contribution in [0.15, 0.2) is 24.3 Å². The van der Waals surface area contributed by atoms with E-state index in [4.69, 9.17) is 4.74 Å². The Morgan fingerprint density at radius 2 is 1.81 bits per heavy atom. The lowest BCUT2D eigenvalue weighted by Gasteiger charge is -2.31. The summed E-state index contributed by atoms with van der Waals surface area (Å²) < 4.78 is 4.97. The third-order valence-electron chi connectivity index (χ3n) is 4.39. The Kier molecular flexibility index (Phi) is 7.00. The van der Waals surface area contributed by atoms with Crippen LogP contribution < -0.4 is 10.6 Å². The van der Waals surface area contributed by atoms with Gasteiger partial charge >= 0.3 is 17.9 Å². The fourth-order valence-corrected chi connectivity index (χ4v) is 2.97. The number of benzene rings is 1. The maximum absolute atomic E-state index is 12.2. The minimum absolute atomic E-state index is 0.126. The standard InChI is InChI=1S/C19H27N3O4/c1-4-26-19(25)22-11-9-14(10-12-22)20-17(23)18(24)21-16-8-6-5-7-15(16)13(2)3/h5-8,13-14H,4,9-12H2,1-3H3,(H,20,23)(H,21,24). The quantitative estimate of drug-likeness (QED) is 0.807. The number of hydrogen-bond acceptors (Lipinski definition) is 4. The Morgan fingerprint density at radius 1 is 1.15 bits per heavy atom. The Balaban J connectivity index is 1.85. The first-order chi connectivity index (χ1) is 12.4. The summed E-state index contributed by atoms with van der Waals surface area (Å²) in [5.41, 5.74) is 1.64.